The standard InChI is InChI=1S/C11H7FN2O/c1-2-6-15-10-7-13-14-9-5-3-4-8(12)11(9)10/h1,3-5,7H,6H2. The molecule has 0 unspecified atom stereocenters. The Labute approximate surface area is 85.9 Å². The Morgan fingerprint density at radius 3 is 3.13 bits per heavy atom. The van der Waals surface area contributed by atoms with E-state index in [1.54, 1.807) is 12.1 Å². The Bertz CT molecular complexity index is 528. The summed E-state index contributed by atoms with van der Waals surface area (Å²) >= 11 is 0. The van der Waals surface area contributed by atoms with Crippen molar-refractivity contribution in [2.24, 2.45) is 0 Å². The fourth-order valence-corrected chi connectivity index (χ4v) is 1.28. The van der Waals surface area contributed by atoms with Crippen LogP contribution < -0.4 is 4.74 Å². The second-order valence-corrected chi connectivity index (χ2v) is 2.84. The predicted molar refractivity (Wildman–Crippen MR) is 53.8 cm³/mol. The molecule has 0 atom stereocenters. The Morgan fingerprint density at radius 2 is 2.33 bits per heavy atom. The van der Waals surface area contributed by atoms with Crippen LogP contribution in [0.1, 0.15) is 0 Å². The molecule has 2 aromatic rings. The van der Waals surface area contributed by atoms with Gasteiger partial charge < -0.3 is 4.74 Å². The van der Waals surface area contributed by atoms with Crippen LogP contribution in [0.3, 0.4) is 0 Å². The van der Waals surface area contributed by atoms with Gasteiger partial charge in [-0.05, 0) is 12.1 Å². The second-order valence-electron chi connectivity index (χ2n) is 2.84. The van der Waals surface area contributed by atoms with Crippen LogP contribution in [0.4, 0.5) is 4.39 Å². The van der Waals surface area contributed by atoms with Crippen molar-refractivity contribution in [3.8, 4) is 18.1 Å². The molecule has 0 saturated carbocycles. The van der Waals surface area contributed by atoms with E-state index in [9.17, 15) is 4.39 Å². The zero-order chi connectivity index (χ0) is 10.7. The van der Waals surface area contributed by atoms with E-state index in [-0.39, 0.29) is 6.61 Å². The van der Waals surface area contributed by atoms with Gasteiger partial charge in [0.05, 0.1) is 17.1 Å². The van der Waals surface area contributed by atoms with Gasteiger partial charge in [0.15, 0.2) is 5.75 Å². The smallest absolute Gasteiger partial charge is 0.153 e. The molecule has 0 amide bonds. The number of nitrogens with zero attached hydrogens (tertiary/aromatic N) is 2. The minimum atomic E-state index is -0.394. The lowest BCUT2D eigenvalue weighted by atomic mass is 10.2. The summed E-state index contributed by atoms with van der Waals surface area (Å²) in [6.07, 6.45) is 6.40. The molecule has 0 fully saturated rings. The second kappa shape index (κ2) is 3.93. The van der Waals surface area contributed by atoms with E-state index in [1.165, 1.54) is 12.3 Å². The molecule has 2 rings (SSSR count). The van der Waals surface area contributed by atoms with Crippen LogP contribution in [-0.4, -0.2) is 16.8 Å². The van der Waals surface area contributed by atoms with Gasteiger partial charge in [0.25, 0.3) is 0 Å². The highest BCUT2D eigenvalue weighted by molar-refractivity contribution is 5.84. The molecule has 74 valence electrons. The van der Waals surface area contributed by atoms with Crippen LogP contribution in [0.2, 0.25) is 0 Å². The van der Waals surface area contributed by atoms with Crippen LogP contribution in [-0.2, 0) is 0 Å². The van der Waals surface area contributed by atoms with Crippen LogP contribution in [0.25, 0.3) is 10.9 Å². The van der Waals surface area contributed by atoms with Crippen molar-refractivity contribution in [2.75, 3.05) is 6.61 Å². The molecule has 3 nitrogen and oxygen atoms in total. The molecule has 0 aliphatic heterocycles. The lowest BCUT2D eigenvalue weighted by molar-refractivity contribution is 0.371. The average molecular weight is 202 g/mol. The van der Waals surface area contributed by atoms with Crippen LogP contribution in [0.15, 0.2) is 24.4 Å². The molecule has 0 bridgehead atoms. The summed E-state index contributed by atoms with van der Waals surface area (Å²) in [5.74, 6) is 2.23. The molecular formula is C11H7FN2O. The van der Waals surface area contributed by atoms with Crippen molar-refractivity contribution in [3.63, 3.8) is 0 Å². The highest BCUT2D eigenvalue weighted by Gasteiger charge is 2.08. The molecule has 0 N–H and O–H groups in total. The summed E-state index contributed by atoms with van der Waals surface area (Å²) in [6.45, 7) is 0.0785. The molecule has 1 aromatic heterocycles. The summed E-state index contributed by atoms with van der Waals surface area (Å²) < 4.78 is 18.6. The van der Waals surface area contributed by atoms with E-state index in [0.29, 0.717) is 16.7 Å². The van der Waals surface area contributed by atoms with Gasteiger partial charge in [-0.15, -0.1) is 6.42 Å². The van der Waals surface area contributed by atoms with Gasteiger partial charge in [0, 0.05) is 0 Å². The van der Waals surface area contributed by atoms with Crippen LogP contribution >= 0.6 is 0 Å². The van der Waals surface area contributed by atoms with E-state index in [0.717, 1.165) is 0 Å². The fraction of sp³-hybridized carbons (Fsp3) is 0.0909. The molecule has 0 radical (unpaired) electrons. The summed E-state index contributed by atoms with van der Waals surface area (Å²) in [5.41, 5.74) is 0.449. The minimum absolute atomic E-state index is 0.0785. The Morgan fingerprint density at radius 1 is 1.47 bits per heavy atom. The topological polar surface area (TPSA) is 35.0 Å². The van der Waals surface area contributed by atoms with E-state index in [2.05, 4.69) is 16.1 Å². The maximum absolute atomic E-state index is 13.5. The first-order valence-electron chi connectivity index (χ1n) is 4.29. The first kappa shape index (κ1) is 9.41. The van der Waals surface area contributed by atoms with Crippen molar-refractivity contribution < 1.29 is 9.13 Å². The van der Waals surface area contributed by atoms with E-state index in [1.807, 2.05) is 0 Å². The number of aromatic nitrogens is 2. The Kier molecular flexibility index (Phi) is 2.46. The number of hydrogen-bond acceptors (Lipinski definition) is 3. The number of halogens is 1. The van der Waals surface area contributed by atoms with Crippen molar-refractivity contribution in [1.29, 1.82) is 0 Å². The SMILES string of the molecule is C#CCOc1cnnc2cccc(F)c12. The Hall–Kier alpha value is -2.15. The number of terminal acetylenes is 1. The van der Waals surface area contributed by atoms with Crippen molar-refractivity contribution >= 4 is 10.9 Å². The molecule has 4 heteroatoms. The third-order valence-corrected chi connectivity index (χ3v) is 1.89. The minimum Gasteiger partial charge on any atom is -0.478 e. The van der Waals surface area contributed by atoms with E-state index >= 15 is 0 Å². The van der Waals surface area contributed by atoms with Gasteiger partial charge in [0.1, 0.15) is 12.4 Å². The number of ether oxygens (including phenoxy) is 1. The zero-order valence-electron chi connectivity index (χ0n) is 7.77. The number of rotatable bonds is 2. The molecule has 0 spiro atoms. The van der Waals surface area contributed by atoms with Gasteiger partial charge in [-0.2, -0.15) is 10.2 Å². The lowest BCUT2D eigenvalue weighted by Gasteiger charge is -2.05. The summed E-state index contributed by atoms with van der Waals surface area (Å²) in [4.78, 5) is 0. The van der Waals surface area contributed by atoms with Crippen molar-refractivity contribution in [1.82, 2.24) is 10.2 Å². The summed E-state index contributed by atoms with van der Waals surface area (Å²) in [6, 6.07) is 4.57. The molecule has 15 heavy (non-hydrogen) atoms. The van der Waals surface area contributed by atoms with E-state index < -0.39 is 5.82 Å². The monoisotopic (exact) mass is 202 g/mol. The van der Waals surface area contributed by atoms with Crippen molar-refractivity contribution in [3.05, 3.63) is 30.2 Å². The first-order chi connectivity index (χ1) is 7.33. The molecular weight excluding hydrogens is 195 g/mol. The normalized spacial score (nSPS) is 9.87. The fourth-order valence-electron chi connectivity index (χ4n) is 1.28. The molecule has 1 heterocycles. The van der Waals surface area contributed by atoms with Crippen LogP contribution in [0.5, 0.6) is 5.75 Å². The third-order valence-electron chi connectivity index (χ3n) is 1.89. The first-order valence-corrected chi connectivity index (χ1v) is 4.29. The quantitative estimate of drug-likeness (QED) is 0.696. The van der Waals surface area contributed by atoms with Crippen molar-refractivity contribution in [2.45, 2.75) is 0 Å². The van der Waals surface area contributed by atoms with Crippen LogP contribution in [0, 0.1) is 18.2 Å². The van der Waals surface area contributed by atoms with Gasteiger partial charge in [-0.25, -0.2) is 4.39 Å². The van der Waals surface area contributed by atoms with Gasteiger partial charge in [0.2, 0.25) is 0 Å². The number of hydrogen-bond donors (Lipinski definition) is 0. The number of fused-ring (bicyclic) bond motifs is 1. The lowest BCUT2D eigenvalue weighted by Crippen LogP contribution is -1.97. The predicted octanol–water partition coefficient (Wildman–Crippen LogP) is 1.78. The molecule has 0 aliphatic rings. The van der Waals surface area contributed by atoms with Gasteiger partial charge >= 0.3 is 0 Å². The highest BCUT2D eigenvalue weighted by Crippen LogP contribution is 2.25. The average Bonchev–Trinajstić information content (AvgIpc) is 2.26. The maximum atomic E-state index is 13.5. The molecule has 1 aromatic carbocycles. The number of benzene rings is 1. The van der Waals surface area contributed by atoms with E-state index in [4.69, 9.17) is 11.2 Å². The van der Waals surface area contributed by atoms with Gasteiger partial charge in [-0.3, -0.25) is 0 Å². The summed E-state index contributed by atoms with van der Waals surface area (Å²) in [5, 5.41) is 7.79. The molecule has 0 aliphatic carbocycles. The largest absolute Gasteiger partial charge is 0.478 e. The van der Waals surface area contributed by atoms with Gasteiger partial charge in [-0.1, -0.05) is 12.0 Å². The highest BCUT2D eigenvalue weighted by atomic mass is 19.1. The maximum Gasteiger partial charge on any atom is 0.153 e. The Balaban J connectivity index is 2.59. The third kappa shape index (κ3) is 1.72. The molecule has 0 saturated heterocycles. The zero-order valence-corrected chi connectivity index (χ0v) is 7.77. The summed E-state index contributed by atoms with van der Waals surface area (Å²) in [7, 11) is 0.